The molecule has 0 aliphatic heterocycles. The Kier molecular flexibility index (Phi) is 4.88. The number of aryl methyl sites for hydroxylation is 1. The smallest absolute Gasteiger partial charge is 0.255 e. The maximum atomic E-state index is 13.7. The van der Waals surface area contributed by atoms with Crippen LogP contribution in [-0.4, -0.2) is 10.9 Å². The van der Waals surface area contributed by atoms with Gasteiger partial charge < -0.3 is 10.6 Å². The van der Waals surface area contributed by atoms with Gasteiger partial charge in [-0.15, -0.1) is 0 Å². The molecule has 3 rings (SSSR count). The summed E-state index contributed by atoms with van der Waals surface area (Å²) >= 11 is 0. The maximum absolute atomic E-state index is 13.7. The molecule has 3 aromatic rings. The van der Waals surface area contributed by atoms with Crippen molar-refractivity contribution in [1.82, 2.24) is 4.98 Å². The van der Waals surface area contributed by atoms with Crippen LogP contribution in [0.3, 0.4) is 0 Å². The molecule has 1 amide bonds. The summed E-state index contributed by atoms with van der Waals surface area (Å²) in [5, 5.41) is 5.28. The van der Waals surface area contributed by atoms with Crippen LogP contribution in [0.2, 0.25) is 0 Å². The van der Waals surface area contributed by atoms with Gasteiger partial charge in [0.05, 0.1) is 5.69 Å². The number of pyridine rings is 1. The summed E-state index contributed by atoms with van der Waals surface area (Å²) in [4.78, 5) is 16.3. The number of nitrogens with zero attached hydrogens (tertiary/aromatic N) is 1. The topological polar surface area (TPSA) is 54.0 Å². The molecule has 0 aliphatic carbocycles. The average Bonchev–Trinajstić information content (AvgIpc) is 2.62. The Morgan fingerprint density at radius 3 is 2.58 bits per heavy atom. The molecule has 1 aromatic heterocycles. The zero-order valence-corrected chi connectivity index (χ0v) is 13.7. The molecule has 0 unspecified atom stereocenters. The summed E-state index contributed by atoms with van der Waals surface area (Å²) in [5.74, 6) is -4.49. The van der Waals surface area contributed by atoms with E-state index in [0.717, 1.165) is 17.7 Å². The number of halogens is 3. The fourth-order valence-corrected chi connectivity index (χ4v) is 2.33. The molecule has 4 nitrogen and oxygen atoms in total. The number of rotatable bonds is 4. The second-order valence-electron chi connectivity index (χ2n) is 5.60. The average molecular weight is 357 g/mol. The maximum Gasteiger partial charge on any atom is 0.255 e. The third kappa shape index (κ3) is 3.83. The molecule has 0 fully saturated rings. The minimum absolute atomic E-state index is 0.117. The van der Waals surface area contributed by atoms with Gasteiger partial charge in [0.1, 0.15) is 5.82 Å². The van der Waals surface area contributed by atoms with E-state index < -0.39 is 17.5 Å². The van der Waals surface area contributed by atoms with Crippen LogP contribution in [-0.2, 0) is 0 Å². The van der Waals surface area contributed by atoms with Gasteiger partial charge in [0.2, 0.25) is 0 Å². The monoisotopic (exact) mass is 357 g/mol. The summed E-state index contributed by atoms with van der Waals surface area (Å²) < 4.78 is 40.0. The van der Waals surface area contributed by atoms with Crippen LogP contribution in [0.4, 0.5) is 30.4 Å². The lowest BCUT2D eigenvalue weighted by molar-refractivity contribution is 0.102. The molecule has 7 heteroatoms. The zero-order valence-electron chi connectivity index (χ0n) is 13.7. The van der Waals surface area contributed by atoms with Gasteiger partial charge in [-0.3, -0.25) is 4.79 Å². The molecule has 0 atom stereocenters. The van der Waals surface area contributed by atoms with Crippen LogP contribution in [0.5, 0.6) is 0 Å². The number of anilines is 3. The number of hydrogen-bond acceptors (Lipinski definition) is 3. The summed E-state index contributed by atoms with van der Waals surface area (Å²) in [7, 11) is 0. The normalized spacial score (nSPS) is 10.5. The molecule has 0 aliphatic rings. The first kappa shape index (κ1) is 17.5. The van der Waals surface area contributed by atoms with E-state index in [0.29, 0.717) is 5.69 Å². The van der Waals surface area contributed by atoms with Crippen molar-refractivity contribution in [1.29, 1.82) is 0 Å². The lowest BCUT2D eigenvalue weighted by atomic mass is 10.2. The predicted molar refractivity (Wildman–Crippen MR) is 93.0 cm³/mol. The summed E-state index contributed by atoms with van der Waals surface area (Å²) in [6.07, 6.45) is 1.35. The molecule has 2 aromatic carbocycles. The van der Waals surface area contributed by atoms with Gasteiger partial charge in [-0.1, -0.05) is 12.1 Å². The predicted octanol–water partition coefficient (Wildman–Crippen LogP) is 4.80. The SMILES string of the molecule is Cc1cccc(NC(=O)c2ccnc(Nc3ccc(F)c(F)c3F)c2)c1. The first-order valence-electron chi connectivity index (χ1n) is 7.68. The highest BCUT2D eigenvalue weighted by molar-refractivity contribution is 6.04. The van der Waals surface area contributed by atoms with Crippen molar-refractivity contribution in [2.24, 2.45) is 0 Å². The Balaban J connectivity index is 1.80. The van der Waals surface area contributed by atoms with Gasteiger partial charge in [-0.25, -0.2) is 18.2 Å². The molecule has 132 valence electrons. The first-order chi connectivity index (χ1) is 12.4. The molecule has 0 radical (unpaired) electrons. The molecule has 0 bridgehead atoms. The molecular formula is C19H14F3N3O. The van der Waals surface area contributed by atoms with Crippen LogP contribution < -0.4 is 10.6 Å². The number of nitrogens with one attached hydrogen (secondary N) is 2. The van der Waals surface area contributed by atoms with Gasteiger partial charge >= 0.3 is 0 Å². The Labute approximate surface area is 147 Å². The van der Waals surface area contributed by atoms with E-state index in [1.165, 1.54) is 18.3 Å². The zero-order chi connectivity index (χ0) is 18.7. The van der Waals surface area contributed by atoms with Gasteiger partial charge in [0.15, 0.2) is 17.5 Å². The fraction of sp³-hybridized carbons (Fsp3) is 0.0526. The molecule has 0 spiro atoms. The second kappa shape index (κ2) is 7.26. The van der Waals surface area contributed by atoms with Gasteiger partial charge in [-0.05, 0) is 48.9 Å². The second-order valence-corrected chi connectivity index (χ2v) is 5.60. The number of carbonyl (C=O) groups excluding carboxylic acids is 1. The Hall–Kier alpha value is -3.35. The van der Waals surface area contributed by atoms with Gasteiger partial charge in [0.25, 0.3) is 5.91 Å². The minimum Gasteiger partial charge on any atom is -0.338 e. The van der Waals surface area contributed by atoms with Crippen molar-refractivity contribution in [2.75, 3.05) is 10.6 Å². The molecule has 2 N–H and O–H groups in total. The third-order valence-electron chi connectivity index (χ3n) is 3.60. The lowest BCUT2D eigenvalue weighted by Crippen LogP contribution is -2.12. The number of carbonyl (C=O) groups is 1. The van der Waals surface area contributed by atoms with Crippen LogP contribution in [0, 0.1) is 24.4 Å². The fourth-order valence-electron chi connectivity index (χ4n) is 2.33. The van der Waals surface area contributed by atoms with E-state index >= 15 is 0 Å². The van der Waals surface area contributed by atoms with Gasteiger partial charge in [0, 0.05) is 17.4 Å². The quantitative estimate of drug-likeness (QED) is 0.659. The Bertz CT molecular complexity index is 976. The lowest BCUT2D eigenvalue weighted by Gasteiger charge is -2.10. The largest absolute Gasteiger partial charge is 0.338 e. The summed E-state index contributed by atoms with van der Waals surface area (Å²) in [6, 6.07) is 12.0. The van der Waals surface area contributed by atoms with E-state index in [4.69, 9.17) is 0 Å². The van der Waals surface area contributed by atoms with Crippen molar-refractivity contribution in [2.45, 2.75) is 6.92 Å². The van der Waals surface area contributed by atoms with E-state index in [1.54, 1.807) is 6.07 Å². The number of aromatic nitrogens is 1. The molecular weight excluding hydrogens is 343 g/mol. The summed E-state index contributed by atoms with van der Waals surface area (Å²) in [5.41, 5.74) is 1.61. The first-order valence-corrected chi connectivity index (χ1v) is 7.68. The molecule has 0 saturated carbocycles. The van der Waals surface area contributed by atoms with Crippen molar-refractivity contribution in [3.8, 4) is 0 Å². The van der Waals surface area contributed by atoms with Crippen LogP contribution in [0.25, 0.3) is 0 Å². The van der Waals surface area contributed by atoms with Gasteiger partial charge in [-0.2, -0.15) is 0 Å². The van der Waals surface area contributed by atoms with E-state index in [-0.39, 0.29) is 23.0 Å². The highest BCUT2D eigenvalue weighted by Gasteiger charge is 2.14. The van der Waals surface area contributed by atoms with E-state index in [2.05, 4.69) is 15.6 Å². The van der Waals surface area contributed by atoms with Crippen molar-refractivity contribution in [3.63, 3.8) is 0 Å². The third-order valence-corrected chi connectivity index (χ3v) is 3.60. The molecule has 1 heterocycles. The Morgan fingerprint density at radius 2 is 1.81 bits per heavy atom. The molecule has 0 saturated heterocycles. The van der Waals surface area contributed by atoms with Crippen molar-refractivity contribution >= 4 is 23.1 Å². The molecule has 26 heavy (non-hydrogen) atoms. The highest BCUT2D eigenvalue weighted by atomic mass is 19.2. The Morgan fingerprint density at radius 1 is 1.00 bits per heavy atom. The minimum atomic E-state index is -1.58. The summed E-state index contributed by atoms with van der Waals surface area (Å²) in [6.45, 7) is 1.90. The van der Waals surface area contributed by atoms with Crippen LogP contribution >= 0.6 is 0 Å². The number of amides is 1. The standard InChI is InChI=1S/C19H14F3N3O/c1-11-3-2-4-13(9-11)24-19(26)12-7-8-23-16(10-12)25-15-6-5-14(20)17(21)18(15)22/h2-10H,1H3,(H,23,25)(H,24,26). The highest BCUT2D eigenvalue weighted by Crippen LogP contribution is 2.23. The number of hydrogen-bond donors (Lipinski definition) is 2. The van der Waals surface area contributed by atoms with Crippen molar-refractivity contribution in [3.05, 3.63) is 83.3 Å². The van der Waals surface area contributed by atoms with Crippen LogP contribution in [0.15, 0.2) is 54.7 Å². The van der Waals surface area contributed by atoms with E-state index in [9.17, 15) is 18.0 Å². The van der Waals surface area contributed by atoms with Crippen molar-refractivity contribution < 1.29 is 18.0 Å². The van der Waals surface area contributed by atoms with Crippen LogP contribution in [0.1, 0.15) is 15.9 Å². The van der Waals surface area contributed by atoms with E-state index in [1.807, 2.05) is 25.1 Å². The number of benzene rings is 2.